The zero-order valence-electron chi connectivity index (χ0n) is 19.2. The highest BCUT2D eigenvalue weighted by Gasteiger charge is 2.40. The fourth-order valence-corrected chi connectivity index (χ4v) is 8.89. The summed E-state index contributed by atoms with van der Waals surface area (Å²) >= 11 is 7.11. The van der Waals surface area contributed by atoms with E-state index in [2.05, 4.69) is 10.6 Å². The molecule has 2 aromatic rings. The third-order valence-electron chi connectivity index (χ3n) is 7.64. The van der Waals surface area contributed by atoms with E-state index >= 15 is 0 Å². The van der Waals surface area contributed by atoms with Crippen LogP contribution in [-0.2, 0) is 16.6 Å². The molecule has 0 spiro atoms. The van der Waals surface area contributed by atoms with Crippen LogP contribution >= 0.6 is 22.9 Å². The Labute approximate surface area is 211 Å². The van der Waals surface area contributed by atoms with Gasteiger partial charge in [-0.05, 0) is 86.8 Å². The maximum atomic E-state index is 13.3. The molecule has 3 fully saturated rings. The molecular weight excluding hydrogens is 490 g/mol. The summed E-state index contributed by atoms with van der Waals surface area (Å²) < 4.78 is 28.6. The number of benzene rings is 1. The van der Waals surface area contributed by atoms with Crippen molar-refractivity contribution in [3.05, 3.63) is 51.9 Å². The predicted octanol–water partition coefficient (Wildman–Crippen LogP) is 4.65. The number of halogens is 1. The van der Waals surface area contributed by atoms with Gasteiger partial charge in [-0.1, -0.05) is 18.0 Å². The smallest absolute Gasteiger partial charge is 0.252 e. The third-order valence-corrected chi connectivity index (χ3v) is 11.3. The Morgan fingerprint density at radius 1 is 1.03 bits per heavy atom. The third kappa shape index (κ3) is 5.36. The highest BCUT2D eigenvalue weighted by molar-refractivity contribution is 7.91. The molecule has 2 N–H and O–H groups in total. The average molecular weight is 522 g/mol. The molecule has 34 heavy (non-hydrogen) atoms. The first-order valence-electron chi connectivity index (χ1n) is 12.3. The average Bonchev–Trinajstić information content (AvgIpc) is 3.53. The molecule has 6 nitrogen and oxygen atoms in total. The zero-order valence-corrected chi connectivity index (χ0v) is 21.6. The van der Waals surface area contributed by atoms with Crippen LogP contribution in [0.2, 0.25) is 5.02 Å². The molecule has 2 heterocycles. The maximum absolute atomic E-state index is 13.3. The second kappa shape index (κ2) is 10.3. The van der Waals surface area contributed by atoms with Gasteiger partial charge in [-0.3, -0.25) is 4.79 Å². The molecule has 1 aromatic heterocycles. The number of rotatable bonds is 7. The Balaban J connectivity index is 1.15. The van der Waals surface area contributed by atoms with E-state index in [1.165, 1.54) is 37.0 Å². The zero-order chi connectivity index (χ0) is 23.7. The number of thiophene rings is 1. The Morgan fingerprint density at radius 3 is 2.59 bits per heavy atom. The number of hydrogen-bond donors (Lipinski definition) is 2. The Morgan fingerprint density at radius 2 is 1.85 bits per heavy atom. The summed E-state index contributed by atoms with van der Waals surface area (Å²) in [5.41, 5.74) is 0.520. The van der Waals surface area contributed by atoms with E-state index in [0.717, 1.165) is 36.0 Å². The van der Waals surface area contributed by atoms with Gasteiger partial charge < -0.3 is 10.6 Å². The number of nitrogens with zero attached hydrogens (tertiary/aromatic N) is 1. The molecule has 1 aromatic carbocycles. The van der Waals surface area contributed by atoms with Crippen molar-refractivity contribution < 1.29 is 13.2 Å². The summed E-state index contributed by atoms with van der Waals surface area (Å²) in [7, 11) is -3.52. The quantitative estimate of drug-likeness (QED) is 0.555. The number of nitrogens with one attached hydrogen (secondary N) is 2. The first kappa shape index (κ1) is 24.3. The van der Waals surface area contributed by atoms with Crippen LogP contribution in [0.4, 0.5) is 0 Å². The van der Waals surface area contributed by atoms with Crippen molar-refractivity contribution in [1.82, 2.24) is 14.9 Å². The van der Waals surface area contributed by atoms with E-state index in [0.29, 0.717) is 40.0 Å². The second-order valence-electron chi connectivity index (χ2n) is 9.89. The van der Waals surface area contributed by atoms with Gasteiger partial charge in [-0.25, -0.2) is 8.42 Å². The van der Waals surface area contributed by atoms with Gasteiger partial charge >= 0.3 is 0 Å². The number of carbonyl (C=O) groups excluding carboxylic acids is 1. The molecular formula is C25H32ClN3O3S2. The van der Waals surface area contributed by atoms with Crippen molar-refractivity contribution in [2.75, 3.05) is 13.1 Å². The summed E-state index contributed by atoms with van der Waals surface area (Å²) in [5.74, 6) is 1.53. The van der Waals surface area contributed by atoms with Gasteiger partial charge in [0, 0.05) is 40.6 Å². The number of hydrogen-bond acceptors (Lipinski definition) is 5. The van der Waals surface area contributed by atoms with E-state index < -0.39 is 10.0 Å². The molecule has 0 radical (unpaired) electrons. The lowest BCUT2D eigenvalue weighted by molar-refractivity contribution is 0.0951. The standard InChI is InChI=1S/C25H32ClN3O3S2/c26-20-7-5-18(6-8-20)25(30)27-16-22-9-10-24(33-22)34(31,32)29-12-1-2-21(11-13-29)28-23-15-17-3-4-19(23)14-17/h5-10,17,19,21,23,28H,1-4,11-16H2,(H,27,30)/t17-,19+,21?,23+/m0/s1. The van der Waals surface area contributed by atoms with Crippen molar-refractivity contribution in [3.8, 4) is 0 Å². The van der Waals surface area contributed by atoms with E-state index in [4.69, 9.17) is 11.6 Å². The summed E-state index contributed by atoms with van der Waals surface area (Å²) in [6.07, 6.45) is 8.22. The molecule has 9 heteroatoms. The lowest BCUT2D eigenvalue weighted by atomic mass is 9.94. The topological polar surface area (TPSA) is 78.5 Å². The minimum atomic E-state index is -3.52. The molecule has 2 aliphatic carbocycles. The fraction of sp³-hybridized carbons (Fsp3) is 0.560. The summed E-state index contributed by atoms with van der Waals surface area (Å²) in [6.45, 7) is 1.41. The Bertz CT molecular complexity index is 1120. The first-order valence-corrected chi connectivity index (χ1v) is 14.9. The lowest BCUT2D eigenvalue weighted by Crippen LogP contribution is -2.42. The number of amides is 1. The van der Waals surface area contributed by atoms with Gasteiger partial charge in [-0.15, -0.1) is 11.3 Å². The van der Waals surface area contributed by atoms with Crippen LogP contribution in [0.3, 0.4) is 0 Å². The summed E-state index contributed by atoms with van der Waals surface area (Å²) in [4.78, 5) is 13.1. The van der Waals surface area contributed by atoms with Crippen LogP contribution in [0.5, 0.6) is 0 Å². The van der Waals surface area contributed by atoms with Gasteiger partial charge in [0.05, 0.1) is 6.54 Å². The van der Waals surface area contributed by atoms with Crippen LogP contribution in [0.25, 0.3) is 0 Å². The van der Waals surface area contributed by atoms with E-state index in [-0.39, 0.29) is 12.5 Å². The van der Waals surface area contributed by atoms with Crippen LogP contribution < -0.4 is 10.6 Å². The highest BCUT2D eigenvalue weighted by Crippen LogP contribution is 2.44. The van der Waals surface area contributed by atoms with Gasteiger partial charge in [0.1, 0.15) is 4.21 Å². The summed E-state index contributed by atoms with van der Waals surface area (Å²) in [5, 5.41) is 7.31. The van der Waals surface area contributed by atoms with Crippen LogP contribution in [-0.4, -0.2) is 43.8 Å². The Hall–Kier alpha value is -1.45. The number of sulfonamides is 1. The molecule has 2 saturated carbocycles. The summed E-state index contributed by atoms with van der Waals surface area (Å²) in [6, 6.07) is 11.2. The fourth-order valence-electron chi connectivity index (χ4n) is 5.82. The first-order chi connectivity index (χ1) is 16.4. The van der Waals surface area contributed by atoms with Crippen molar-refractivity contribution >= 4 is 38.9 Å². The molecule has 2 bridgehead atoms. The van der Waals surface area contributed by atoms with Crippen LogP contribution in [0, 0.1) is 11.8 Å². The minimum absolute atomic E-state index is 0.212. The largest absolute Gasteiger partial charge is 0.347 e. The minimum Gasteiger partial charge on any atom is -0.347 e. The van der Waals surface area contributed by atoms with Crippen molar-refractivity contribution in [1.29, 1.82) is 0 Å². The Kier molecular flexibility index (Phi) is 7.32. The second-order valence-corrected chi connectivity index (χ2v) is 13.7. The van der Waals surface area contributed by atoms with Gasteiger partial charge in [0.2, 0.25) is 0 Å². The van der Waals surface area contributed by atoms with Gasteiger partial charge in [0.25, 0.3) is 15.9 Å². The molecule has 184 valence electrons. The van der Waals surface area contributed by atoms with E-state index in [9.17, 15) is 13.2 Å². The molecule has 1 amide bonds. The van der Waals surface area contributed by atoms with Gasteiger partial charge in [-0.2, -0.15) is 4.31 Å². The molecule has 1 aliphatic heterocycles. The van der Waals surface area contributed by atoms with E-state index in [1.807, 2.05) is 0 Å². The normalized spacial score (nSPS) is 27.6. The van der Waals surface area contributed by atoms with E-state index in [1.54, 1.807) is 40.7 Å². The SMILES string of the molecule is O=C(NCc1ccc(S(=O)(=O)N2CCCC(N[C@@H]3C[C@H]4CC[C@@H]3C4)CC2)s1)c1ccc(Cl)cc1. The molecule has 3 aliphatic rings. The highest BCUT2D eigenvalue weighted by atomic mass is 35.5. The molecule has 1 unspecified atom stereocenters. The van der Waals surface area contributed by atoms with Crippen LogP contribution in [0.1, 0.15) is 60.2 Å². The number of carbonyl (C=O) groups is 1. The van der Waals surface area contributed by atoms with Gasteiger partial charge in [0.15, 0.2) is 0 Å². The molecule has 4 atom stereocenters. The number of fused-ring (bicyclic) bond motifs is 2. The van der Waals surface area contributed by atoms with Crippen molar-refractivity contribution in [3.63, 3.8) is 0 Å². The maximum Gasteiger partial charge on any atom is 0.252 e. The predicted molar refractivity (Wildman–Crippen MR) is 136 cm³/mol. The van der Waals surface area contributed by atoms with Crippen molar-refractivity contribution in [2.45, 2.75) is 67.8 Å². The molecule has 5 rings (SSSR count). The molecule has 1 saturated heterocycles. The lowest BCUT2D eigenvalue weighted by Gasteiger charge is -2.28. The van der Waals surface area contributed by atoms with Crippen molar-refractivity contribution in [2.24, 2.45) is 11.8 Å². The van der Waals surface area contributed by atoms with Crippen LogP contribution in [0.15, 0.2) is 40.6 Å². The monoisotopic (exact) mass is 521 g/mol.